The molecule has 0 aliphatic heterocycles. The third kappa shape index (κ3) is 5.27. The lowest BCUT2D eigenvalue weighted by Crippen LogP contribution is -2.35. The van der Waals surface area contributed by atoms with Crippen LogP contribution in [0.15, 0.2) is 0 Å². The highest BCUT2D eigenvalue weighted by atomic mass is 16.3. The van der Waals surface area contributed by atoms with Crippen molar-refractivity contribution in [1.29, 1.82) is 0 Å². The molecule has 2 unspecified atom stereocenters. The van der Waals surface area contributed by atoms with Crippen molar-refractivity contribution >= 4 is 0 Å². The van der Waals surface area contributed by atoms with E-state index >= 15 is 0 Å². The van der Waals surface area contributed by atoms with Gasteiger partial charge in [-0.15, -0.1) is 0 Å². The maximum absolute atomic E-state index is 9.57. The highest BCUT2D eigenvalue weighted by molar-refractivity contribution is 4.86. The Hall–Kier alpha value is -0.0800. The molecule has 0 aliphatic carbocycles. The Morgan fingerprint density at radius 2 is 1.44 bits per heavy atom. The van der Waals surface area contributed by atoms with Crippen molar-refractivity contribution in [3.8, 4) is 0 Å². The van der Waals surface area contributed by atoms with Crippen LogP contribution in [-0.4, -0.2) is 23.4 Å². The summed E-state index contributed by atoms with van der Waals surface area (Å²) in [6.45, 7) is 15.9. The van der Waals surface area contributed by atoms with E-state index < -0.39 is 0 Å². The predicted octanol–water partition coefficient (Wildman–Crippen LogP) is 3.86. The second kappa shape index (κ2) is 6.38. The molecule has 110 valence electrons. The average molecular weight is 258 g/mol. The summed E-state index contributed by atoms with van der Waals surface area (Å²) in [6.07, 6.45) is 3.04. The van der Waals surface area contributed by atoms with E-state index in [-0.39, 0.29) is 29.5 Å². The van der Waals surface area contributed by atoms with Crippen LogP contribution in [-0.2, 0) is 0 Å². The highest BCUT2D eigenvalue weighted by Crippen LogP contribution is 2.44. The van der Waals surface area contributed by atoms with Gasteiger partial charge in [0, 0.05) is 13.2 Å². The Labute approximate surface area is 114 Å². The van der Waals surface area contributed by atoms with E-state index in [4.69, 9.17) is 0 Å². The summed E-state index contributed by atoms with van der Waals surface area (Å²) in [7, 11) is 0. The first-order valence-corrected chi connectivity index (χ1v) is 7.24. The minimum absolute atomic E-state index is 0.0150. The molecule has 0 radical (unpaired) electrons. The first-order chi connectivity index (χ1) is 8.02. The molecular weight excluding hydrogens is 224 g/mol. The number of aliphatic hydroxyl groups is 2. The molecule has 2 N–H and O–H groups in total. The molecule has 0 aromatic heterocycles. The van der Waals surface area contributed by atoms with Crippen LogP contribution in [0.2, 0.25) is 0 Å². The van der Waals surface area contributed by atoms with Crippen molar-refractivity contribution in [3.63, 3.8) is 0 Å². The van der Waals surface area contributed by atoms with Crippen LogP contribution in [0, 0.1) is 22.2 Å². The number of aliphatic hydroxyl groups excluding tert-OH is 2. The summed E-state index contributed by atoms with van der Waals surface area (Å²) in [5, 5.41) is 19.0. The number of rotatable bonds is 8. The van der Waals surface area contributed by atoms with Crippen molar-refractivity contribution in [2.75, 3.05) is 13.2 Å². The molecule has 0 saturated carbocycles. The lowest BCUT2D eigenvalue weighted by atomic mass is 9.64. The molecule has 0 aromatic carbocycles. The molecule has 2 heteroatoms. The van der Waals surface area contributed by atoms with Gasteiger partial charge in [0.15, 0.2) is 0 Å². The third-order valence-electron chi connectivity index (χ3n) is 4.74. The van der Waals surface area contributed by atoms with Gasteiger partial charge in [0.25, 0.3) is 0 Å². The Morgan fingerprint density at radius 3 is 1.78 bits per heavy atom. The average Bonchev–Trinajstić information content (AvgIpc) is 2.27. The lowest BCUT2D eigenvalue weighted by molar-refractivity contribution is 0.0344. The van der Waals surface area contributed by atoms with Crippen LogP contribution in [0.25, 0.3) is 0 Å². The van der Waals surface area contributed by atoms with Crippen LogP contribution in [0.3, 0.4) is 0 Å². The van der Waals surface area contributed by atoms with Gasteiger partial charge in [-0.1, -0.05) is 48.5 Å². The summed E-state index contributed by atoms with van der Waals surface area (Å²) in [5.74, 6) is 0.525. The van der Waals surface area contributed by atoms with Crippen LogP contribution in [0.5, 0.6) is 0 Å². The van der Waals surface area contributed by atoms with Gasteiger partial charge in [0.05, 0.1) is 0 Å². The molecule has 0 heterocycles. The zero-order valence-corrected chi connectivity index (χ0v) is 13.5. The normalized spacial score (nSPS) is 18.5. The van der Waals surface area contributed by atoms with E-state index in [9.17, 15) is 10.2 Å². The molecule has 0 aromatic rings. The van der Waals surface area contributed by atoms with E-state index in [0.717, 1.165) is 19.3 Å². The zero-order valence-electron chi connectivity index (χ0n) is 13.5. The molecule has 0 fully saturated rings. The summed E-state index contributed by atoms with van der Waals surface area (Å²) < 4.78 is 0. The van der Waals surface area contributed by atoms with Gasteiger partial charge in [-0.25, -0.2) is 0 Å². The maximum atomic E-state index is 9.57. The van der Waals surface area contributed by atoms with Gasteiger partial charge in [-0.05, 0) is 41.4 Å². The molecule has 18 heavy (non-hydrogen) atoms. The third-order valence-corrected chi connectivity index (χ3v) is 4.74. The topological polar surface area (TPSA) is 40.5 Å². The van der Waals surface area contributed by atoms with E-state index in [1.165, 1.54) is 0 Å². The number of hydrogen-bond acceptors (Lipinski definition) is 2. The Bertz CT molecular complexity index is 239. The van der Waals surface area contributed by atoms with E-state index in [0.29, 0.717) is 5.92 Å². The van der Waals surface area contributed by atoms with Gasteiger partial charge < -0.3 is 10.2 Å². The molecule has 0 saturated heterocycles. The minimum Gasteiger partial charge on any atom is -0.396 e. The zero-order chi connectivity index (χ0) is 14.6. The van der Waals surface area contributed by atoms with E-state index in [2.05, 4.69) is 48.5 Å². The Balaban J connectivity index is 4.72. The smallest absolute Gasteiger partial charge is 0.0484 e. The van der Waals surface area contributed by atoms with Gasteiger partial charge in [0.1, 0.15) is 0 Å². The standard InChI is InChI=1S/C16H34O2/c1-8-16(7,12-18)10-15(5,6)13(2)9-14(3,4)11-17/h13,17-18H,8-12H2,1-7H3. The summed E-state index contributed by atoms with van der Waals surface area (Å²) >= 11 is 0. The van der Waals surface area contributed by atoms with Crippen LogP contribution in [0.1, 0.15) is 67.7 Å². The van der Waals surface area contributed by atoms with Gasteiger partial charge in [0.2, 0.25) is 0 Å². The van der Waals surface area contributed by atoms with Crippen molar-refractivity contribution in [1.82, 2.24) is 0 Å². The van der Waals surface area contributed by atoms with Gasteiger partial charge in [-0.2, -0.15) is 0 Å². The van der Waals surface area contributed by atoms with Crippen molar-refractivity contribution < 1.29 is 10.2 Å². The predicted molar refractivity (Wildman–Crippen MR) is 78.5 cm³/mol. The summed E-state index contributed by atoms with van der Waals surface area (Å²) in [6, 6.07) is 0. The quantitative estimate of drug-likeness (QED) is 0.694. The highest BCUT2D eigenvalue weighted by Gasteiger charge is 2.36. The Kier molecular flexibility index (Phi) is 6.35. The fourth-order valence-electron chi connectivity index (χ4n) is 2.74. The lowest BCUT2D eigenvalue weighted by Gasteiger charge is -2.42. The van der Waals surface area contributed by atoms with Crippen molar-refractivity contribution in [3.05, 3.63) is 0 Å². The van der Waals surface area contributed by atoms with Crippen molar-refractivity contribution in [2.24, 2.45) is 22.2 Å². The summed E-state index contributed by atoms with van der Waals surface area (Å²) in [4.78, 5) is 0. The van der Waals surface area contributed by atoms with Crippen LogP contribution in [0.4, 0.5) is 0 Å². The first kappa shape index (κ1) is 17.9. The van der Waals surface area contributed by atoms with E-state index in [1.807, 2.05) is 0 Å². The van der Waals surface area contributed by atoms with Crippen LogP contribution >= 0.6 is 0 Å². The molecule has 0 rings (SSSR count). The monoisotopic (exact) mass is 258 g/mol. The maximum Gasteiger partial charge on any atom is 0.0484 e. The number of hydrogen-bond donors (Lipinski definition) is 2. The largest absolute Gasteiger partial charge is 0.396 e. The summed E-state index contributed by atoms with van der Waals surface area (Å²) in [5.41, 5.74) is 0.180. The van der Waals surface area contributed by atoms with Crippen LogP contribution < -0.4 is 0 Å². The molecule has 2 atom stereocenters. The van der Waals surface area contributed by atoms with Gasteiger partial charge in [-0.3, -0.25) is 0 Å². The first-order valence-electron chi connectivity index (χ1n) is 7.24. The SMILES string of the molecule is CCC(C)(CO)CC(C)(C)C(C)CC(C)(C)CO. The second-order valence-corrected chi connectivity index (χ2v) is 7.92. The van der Waals surface area contributed by atoms with E-state index in [1.54, 1.807) is 0 Å². The molecule has 0 bridgehead atoms. The Morgan fingerprint density at radius 1 is 0.944 bits per heavy atom. The second-order valence-electron chi connectivity index (χ2n) is 7.92. The molecule has 0 aliphatic rings. The van der Waals surface area contributed by atoms with Gasteiger partial charge >= 0.3 is 0 Å². The minimum atomic E-state index is -0.0154. The molecule has 0 amide bonds. The molecular formula is C16H34O2. The van der Waals surface area contributed by atoms with Crippen molar-refractivity contribution in [2.45, 2.75) is 67.7 Å². The fourth-order valence-corrected chi connectivity index (χ4v) is 2.74. The molecule has 0 spiro atoms. The fraction of sp³-hybridized carbons (Fsp3) is 1.00. The molecule has 2 nitrogen and oxygen atoms in total.